The summed E-state index contributed by atoms with van der Waals surface area (Å²) in [7, 11) is -3.37. The Morgan fingerprint density at radius 1 is 1.28 bits per heavy atom. The van der Waals surface area contributed by atoms with Gasteiger partial charge in [-0.05, 0) is 30.2 Å². The van der Waals surface area contributed by atoms with Crippen LogP contribution in [0.1, 0.15) is 17.0 Å². The third-order valence-electron chi connectivity index (χ3n) is 4.94. The van der Waals surface area contributed by atoms with Crippen LogP contribution in [-0.4, -0.2) is 43.4 Å². The van der Waals surface area contributed by atoms with Crippen LogP contribution in [0.5, 0.6) is 5.75 Å². The lowest BCUT2D eigenvalue weighted by atomic mass is 10.1. The van der Waals surface area contributed by atoms with Crippen molar-refractivity contribution in [3.05, 3.63) is 47.4 Å². The largest absolute Gasteiger partial charge is 0.491 e. The molecule has 7 nitrogen and oxygen atoms in total. The smallest absolute Gasteiger partial charge is 0.394 e. The van der Waals surface area contributed by atoms with Crippen molar-refractivity contribution in [1.82, 2.24) is 9.38 Å². The van der Waals surface area contributed by atoms with Crippen LogP contribution in [0.25, 0.3) is 5.52 Å². The Morgan fingerprint density at radius 2 is 2.06 bits per heavy atom. The van der Waals surface area contributed by atoms with Crippen molar-refractivity contribution in [1.29, 1.82) is 0 Å². The number of nitrogens with zero attached hydrogens (tertiary/aromatic N) is 2. The molecule has 168 valence electrons. The Hall–Kier alpha value is -3.39. The average Bonchev–Trinajstić information content (AvgIpc) is 3.31. The predicted octanol–water partition coefficient (Wildman–Crippen LogP) is 2.82. The van der Waals surface area contributed by atoms with E-state index in [0.29, 0.717) is 35.5 Å². The van der Waals surface area contributed by atoms with E-state index in [9.17, 15) is 21.6 Å². The fraction of sp³-hybridized carbons (Fsp3) is 0.286. The zero-order chi connectivity index (χ0) is 23.1. The number of halogens is 3. The van der Waals surface area contributed by atoms with Crippen molar-refractivity contribution in [3.63, 3.8) is 0 Å². The molecule has 0 spiro atoms. The van der Waals surface area contributed by atoms with E-state index in [4.69, 9.17) is 10.5 Å². The first-order valence-corrected chi connectivity index (χ1v) is 11.5. The van der Waals surface area contributed by atoms with Gasteiger partial charge in [-0.15, -0.1) is 0 Å². The number of hydrogen-bond donors (Lipinski definition) is 2. The van der Waals surface area contributed by atoms with E-state index in [0.717, 1.165) is 6.26 Å². The summed E-state index contributed by atoms with van der Waals surface area (Å²) >= 11 is 0. The molecular weight excluding hydrogens is 445 g/mol. The van der Waals surface area contributed by atoms with Gasteiger partial charge in [-0.3, -0.25) is 0 Å². The van der Waals surface area contributed by atoms with Gasteiger partial charge in [0, 0.05) is 30.1 Å². The van der Waals surface area contributed by atoms with Crippen molar-refractivity contribution in [3.8, 4) is 17.6 Å². The van der Waals surface area contributed by atoms with E-state index in [1.54, 1.807) is 6.07 Å². The molecule has 1 aromatic carbocycles. The first-order chi connectivity index (χ1) is 15.0. The van der Waals surface area contributed by atoms with Gasteiger partial charge in [0.05, 0.1) is 35.7 Å². The first-order valence-electron chi connectivity index (χ1n) is 9.57. The molecule has 0 bridgehead atoms. The molecule has 1 aliphatic rings. The highest BCUT2D eigenvalue weighted by Crippen LogP contribution is 2.38. The quantitative estimate of drug-likeness (QED) is 0.577. The van der Waals surface area contributed by atoms with Crippen molar-refractivity contribution >= 4 is 26.9 Å². The summed E-state index contributed by atoms with van der Waals surface area (Å²) in [5.74, 6) is 6.21. The summed E-state index contributed by atoms with van der Waals surface area (Å²) in [6.07, 6.45) is -2.37. The van der Waals surface area contributed by atoms with Crippen LogP contribution < -0.4 is 15.8 Å². The van der Waals surface area contributed by atoms with Gasteiger partial charge in [-0.2, -0.15) is 13.2 Å². The van der Waals surface area contributed by atoms with Crippen LogP contribution in [0.3, 0.4) is 0 Å². The Bertz CT molecular complexity index is 1370. The average molecular weight is 464 g/mol. The van der Waals surface area contributed by atoms with Crippen LogP contribution in [0.4, 0.5) is 24.7 Å². The molecule has 0 saturated carbocycles. The third kappa shape index (κ3) is 4.45. The maximum atomic E-state index is 12.8. The number of anilines is 2. The molecule has 0 fully saturated rings. The maximum Gasteiger partial charge on any atom is 0.394 e. The molecular formula is C21H19F3N4O3S. The van der Waals surface area contributed by atoms with Gasteiger partial charge in [0.25, 0.3) is 0 Å². The summed E-state index contributed by atoms with van der Waals surface area (Å²) in [6, 6.07) is 6.00. The number of nitrogens with two attached hydrogens (primary N) is 1. The molecule has 3 N–H and O–H groups in total. The topological polar surface area (TPSA) is 98.7 Å². The third-order valence-corrected chi connectivity index (χ3v) is 6.12. The van der Waals surface area contributed by atoms with Crippen molar-refractivity contribution in [2.24, 2.45) is 0 Å². The van der Waals surface area contributed by atoms with Crippen molar-refractivity contribution in [2.75, 3.05) is 30.5 Å². The zero-order valence-corrected chi connectivity index (χ0v) is 17.8. The molecule has 0 atom stereocenters. The highest BCUT2D eigenvalue weighted by Gasteiger charge is 2.29. The predicted molar refractivity (Wildman–Crippen MR) is 113 cm³/mol. The minimum Gasteiger partial charge on any atom is -0.491 e. The fourth-order valence-electron chi connectivity index (χ4n) is 3.63. The summed E-state index contributed by atoms with van der Waals surface area (Å²) in [6.45, 7) is 0.567. The van der Waals surface area contributed by atoms with Crippen LogP contribution in [0.15, 0.2) is 35.4 Å². The number of nitrogens with one attached hydrogen (secondary N) is 1. The Balaban J connectivity index is 1.54. The summed E-state index contributed by atoms with van der Waals surface area (Å²) in [5.41, 5.74) is 7.77. The highest BCUT2D eigenvalue weighted by atomic mass is 32.2. The van der Waals surface area contributed by atoms with Gasteiger partial charge in [-0.25, -0.2) is 13.4 Å². The molecule has 0 saturated heterocycles. The zero-order valence-electron chi connectivity index (χ0n) is 17.0. The monoisotopic (exact) mass is 464 g/mol. The lowest BCUT2D eigenvalue weighted by Crippen LogP contribution is -2.13. The molecule has 2 aromatic heterocycles. The van der Waals surface area contributed by atoms with Crippen LogP contribution >= 0.6 is 0 Å². The number of rotatable bonds is 4. The van der Waals surface area contributed by atoms with Gasteiger partial charge in [0.1, 0.15) is 17.3 Å². The van der Waals surface area contributed by atoms with E-state index >= 15 is 0 Å². The summed E-state index contributed by atoms with van der Waals surface area (Å²) in [4.78, 5) is 4.38. The Morgan fingerprint density at radius 3 is 2.78 bits per heavy atom. The van der Waals surface area contributed by atoms with Gasteiger partial charge in [-0.1, -0.05) is 5.92 Å². The van der Waals surface area contributed by atoms with E-state index in [1.807, 2.05) is 0 Å². The van der Waals surface area contributed by atoms with E-state index < -0.39 is 22.4 Å². The van der Waals surface area contributed by atoms with E-state index in [2.05, 4.69) is 22.1 Å². The minimum atomic E-state index is -4.35. The standard InChI is InChI=1S/C21H19F3N4O3S/c1-32(29,30)18-7-5-16(19-15(18)8-10-31-19)26-9-2-3-13-12-28-14(11-21(22,23)24)4-6-17(28)20(25)27-13/h4-7,12,26H,8-11H2,1H3,(H2,25,27). The highest BCUT2D eigenvalue weighted by molar-refractivity contribution is 7.90. The van der Waals surface area contributed by atoms with Gasteiger partial charge in [0.15, 0.2) is 9.84 Å². The number of nitrogen functional groups attached to an aromatic ring is 1. The minimum absolute atomic E-state index is 0.0430. The van der Waals surface area contributed by atoms with Crippen LogP contribution in [-0.2, 0) is 22.7 Å². The lowest BCUT2D eigenvalue weighted by molar-refractivity contribution is -0.127. The molecule has 32 heavy (non-hydrogen) atoms. The van der Waals surface area contributed by atoms with Gasteiger partial charge in [0.2, 0.25) is 0 Å². The number of ether oxygens (including phenoxy) is 1. The second-order valence-electron chi connectivity index (χ2n) is 7.33. The number of hydrogen-bond acceptors (Lipinski definition) is 6. The Kier molecular flexibility index (Phi) is 5.42. The SMILES string of the molecule is CS(=O)(=O)c1ccc(NCC#Cc2cn3c(CC(F)(F)F)ccc3c(N)n2)c2c1CCO2. The van der Waals surface area contributed by atoms with E-state index in [-0.39, 0.29) is 28.6 Å². The summed E-state index contributed by atoms with van der Waals surface area (Å²) < 4.78 is 69.2. The van der Waals surface area contributed by atoms with Crippen LogP contribution in [0, 0.1) is 11.8 Å². The van der Waals surface area contributed by atoms with Crippen molar-refractivity contribution < 1.29 is 26.3 Å². The number of aromatic nitrogens is 2. The molecule has 0 amide bonds. The number of alkyl halides is 3. The molecule has 3 aromatic rings. The van der Waals surface area contributed by atoms with E-state index in [1.165, 1.54) is 28.8 Å². The molecule has 3 heterocycles. The molecule has 4 rings (SSSR count). The first kappa shape index (κ1) is 21.8. The number of benzene rings is 1. The van der Waals surface area contributed by atoms with Gasteiger partial charge < -0.3 is 20.2 Å². The fourth-order valence-corrected chi connectivity index (χ4v) is 4.58. The molecule has 11 heteroatoms. The van der Waals surface area contributed by atoms with Crippen LogP contribution in [0.2, 0.25) is 0 Å². The molecule has 1 aliphatic heterocycles. The Labute approximate surface area is 182 Å². The van der Waals surface area contributed by atoms with Crippen molar-refractivity contribution in [2.45, 2.75) is 23.9 Å². The summed E-state index contributed by atoms with van der Waals surface area (Å²) in [5, 5.41) is 3.08. The molecule has 0 radical (unpaired) electrons. The lowest BCUT2D eigenvalue weighted by Gasteiger charge is -2.11. The second kappa shape index (κ2) is 7.94. The normalized spacial score (nSPS) is 13.4. The molecule has 0 aliphatic carbocycles. The van der Waals surface area contributed by atoms with Gasteiger partial charge >= 0.3 is 6.18 Å². The molecule has 0 unspecified atom stereocenters. The number of fused-ring (bicyclic) bond motifs is 2. The number of sulfone groups is 1. The second-order valence-corrected chi connectivity index (χ2v) is 9.31. The maximum absolute atomic E-state index is 12.8.